The quantitative estimate of drug-likeness (QED) is 0.831. The highest BCUT2D eigenvalue weighted by Gasteiger charge is 2.40. The van der Waals surface area contributed by atoms with Gasteiger partial charge >= 0.3 is 6.09 Å². The van der Waals surface area contributed by atoms with Gasteiger partial charge in [0.25, 0.3) is 0 Å². The topological polar surface area (TPSA) is 87.9 Å². The molecule has 3 N–H and O–H groups in total. The Balaban J connectivity index is 1.43. The zero-order valence-corrected chi connectivity index (χ0v) is 15.4. The second-order valence-corrected chi connectivity index (χ2v) is 7.85. The van der Waals surface area contributed by atoms with E-state index in [0.29, 0.717) is 23.2 Å². The van der Waals surface area contributed by atoms with E-state index in [9.17, 15) is 14.0 Å². The van der Waals surface area contributed by atoms with E-state index in [4.69, 9.17) is 10.5 Å². The Hall–Kier alpha value is -2.35. The maximum Gasteiger partial charge on any atom is 0.414 e. The number of nitrogens with one attached hydrogen (secondary N) is 1. The summed E-state index contributed by atoms with van der Waals surface area (Å²) in [6.07, 6.45) is 1.06. The molecule has 1 aromatic rings. The van der Waals surface area contributed by atoms with Crippen molar-refractivity contribution in [1.82, 2.24) is 5.32 Å². The number of ether oxygens (including phenoxy) is 1. The van der Waals surface area contributed by atoms with Crippen molar-refractivity contribution in [2.24, 2.45) is 17.6 Å². The zero-order chi connectivity index (χ0) is 19.1. The number of anilines is 2. The van der Waals surface area contributed by atoms with Crippen LogP contribution in [0.1, 0.15) is 19.8 Å². The summed E-state index contributed by atoms with van der Waals surface area (Å²) in [7, 11) is 0. The van der Waals surface area contributed by atoms with Crippen molar-refractivity contribution < 1.29 is 18.7 Å². The third-order valence-corrected chi connectivity index (χ3v) is 5.82. The van der Waals surface area contributed by atoms with Crippen molar-refractivity contribution in [3.05, 3.63) is 24.0 Å². The maximum absolute atomic E-state index is 14.8. The second kappa shape index (κ2) is 6.99. The van der Waals surface area contributed by atoms with Gasteiger partial charge in [-0.15, -0.1) is 0 Å². The number of fused-ring (bicyclic) bond motifs is 1. The molecule has 2 aliphatic heterocycles. The molecule has 1 saturated carbocycles. The van der Waals surface area contributed by atoms with E-state index in [-0.39, 0.29) is 30.9 Å². The minimum atomic E-state index is -0.526. The molecule has 3 aliphatic rings. The predicted molar refractivity (Wildman–Crippen MR) is 99.1 cm³/mol. The lowest BCUT2D eigenvalue weighted by molar-refractivity contribution is -0.119. The minimum absolute atomic E-state index is 0.184. The summed E-state index contributed by atoms with van der Waals surface area (Å²) in [6.45, 7) is 3.60. The van der Waals surface area contributed by atoms with Gasteiger partial charge in [0.1, 0.15) is 11.9 Å². The van der Waals surface area contributed by atoms with Crippen LogP contribution in [0.25, 0.3) is 0 Å². The van der Waals surface area contributed by atoms with Crippen LogP contribution in [0, 0.1) is 17.7 Å². The number of hydrogen-bond acceptors (Lipinski definition) is 5. The first kappa shape index (κ1) is 18.0. The van der Waals surface area contributed by atoms with Gasteiger partial charge in [0.05, 0.1) is 24.5 Å². The number of halogens is 1. The van der Waals surface area contributed by atoms with Crippen LogP contribution >= 0.6 is 0 Å². The normalized spacial score (nSPS) is 29.8. The Morgan fingerprint density at radius 1 is 1.30 bits per heavy atom. The Morgan fingerprint density at radius 3 is 2.63 bits per heavy atom. The van der Waals surface area contributed by atoms with Gasteiger partial charge < -0.3 is 20.7 Å². The first-order chi connectivity index (χ1) is 12.9. The zero-order valence-electron chi connectivity index (χ0n) is 15.4. The van der Waals surface area contributed by atoms with Crippen LogP contribution < -0.4 is 20.9 Å². The smallest absolute Gasteiger partial charge is 0.414 e. The number of rotatable bonds is 4. The lowest BCUT2D eigenvalue weighted by Gasteiger charge is -2.22. The predicted octanol–water partition coefficient (Wildman–Crippen LogP) is 1.46. The van der Waals surface area contributed by atoms with Crippen molar-refractivity contribution in [2.45, 2.75) is 31.9 Å². The molecule has 0 bridgehead atoms. The van der Waals surface area contributed by atoms with Crippen molar-refractivity contribution in [1.29, 1.82) is 0 Å². The first-order valence-electron chi connectivity index (χ1n) is 9.43. The molecule has 3 fully saturated rings. The number of nitrogens with zero attached hydrogens (tertiary/aromatic N) is 2. The Labute approximate surface area is 157 Å². The van der Waals surface area contributed by atoms with Crippen molar-refractivity contribution in [3.8, 4) is 0 Å². The van der Waals surface area contributed by atoms with E-state index in [1.54, 1.807) is 12.1 Å². The van der Waals surface area contributed by atoms with E-state index in [0.717, 1.165) is 25.9 Å². The molecule has 2 amide bonds. The van der Waals surface area contributed by atoms with Gasteiger partial charge in [0.15, 0.2) is 0 Å². The molecule has 2 heterocycles. The van der Waals surface area contributed by atoms with Gasteiger partial charge in [0, 0.05) is 26.1 Å². The van der Waals surface area contributed by atoms with Crippen LogP contribution in [0.5, 0.6) is 0 Å². The summed E-state index contributed by atoms with van der Waals surface area (Å²) in [5.74, 6) is 0.565. The molecule has 1 unspecified atom stereocenters. The van der Waals surface area contributed by atoms with E-state index in [1.165, 1.54) is 17.9 Å². The number of carbonyl (C=O) groups excluding carboxylic acids is 2. The molecule has 8 heteroatoms. The SMILES string of the molecule is CC(=O)NC[C@H]1CN(c2ccc(N3C[C@H]4CC(N)C[C@H]4C3)c(F)c2)C(=O)O1. The maximum atomic E-state index is 14.8. The fourth-order valence-corrected chi connectivity index (χ4v) is 4.56. The summed E-state index contributed by atoms with van der Waals surface area (Å²) in [5, 5.41) is 2.63. The average Bonchev–Trinajstić information content (AvgIpc) is 3.25. The number of nitrogens with two attached hydrogens (primary N) is 1. The van der Waals surface area contributed by atoms with E-state index in [2.05, 4.69) is 10.2 Å². The van der Waals surface area contributed by atoms with Gasteiger partial charge in [-0.2, -0.15) is 0 Å². The van der Waals surface area contributed by atoms with Gasteiger partial charge in [0.2, 0.25) is 5.91 Å². The van der Waals surface area contributed by atoms with Crippen LogP contribution in [0.3, 0.4) is 0 Å². The van der Waals surface area contributed by atoms with Crippen LogP contribution in [0.4, 0.5) is 20.6 Å². The lowest BCUT2D eigenvalue weighted by Crippen LogP contribution is -2.33. The third-order valence-electron chi connectivity index (χ3n) is 5.82. The van der Waals surface area contributed by atoms with Gasteiger partial charge in [-0.3, -0.25) is 9.69 Å². The molecule has 1 aliphatic carbocycles. The summed E-state index contributed by atoms with van der Waals surface area (Å²) >= 11 is 0. The monoisotopic (exact) mass is 376 g/mol. The summed E-state index contributed by atoms with van der Waals surface area (Å²) in [5.41, 5.74) is 7.06. The largest absolute Gasteiger partial charge is 0.442 e. The molecule has 4 rings (SSSR count). The number of benzene rings is 1. The fourth-order valence-electron chi connectivity index (χ4n) is 4.56. The number of amides is 2. The molecule has 0 aromatic heterocycles. The standard InChI is InChI=1S/C19H25FN4O3/c1-11(25)22-7-16-10-24(19(26)27-16)15-2-3-18(17(20)6-15)23-8-12-4-14(21)5-13(12)9-23/h2-3,6,12-14,16H,4-5,7-10,21H2,1H3,(H,22,25)/t12-,13+,14?,16-/m0/s1. The molecule has 27 heavy (non-hydrogen) atoms. The third kappa shape index (κ3) is 3.58. The number of hydrogen-bond donors (Lipinski definition) is 2. The van der Waals surface area contributed by atoms with Gasteiger partial charge in [-0.1, -0.05) is 0 Å². The molecule has 4 atom stereocenters. The molecule has 146 valence electrons. The summed E-state index contributed by atoms with van der Waals surface area (Å²) in [6, 6.07) is 5.15. The van der Waals surface area contributed by atoms with Crippen molar-refractivity contribution in [2.75, 3.05) is 36.0 Å². The fraction of sp³-hybridized carbons (Fsp3) is 0.579. The summed E-state index contributed by atoms with van der Waals surface area (Å²) < 4.78 is 20.0. The second-order valence-electron chi connectivity index (χ2n) is 7.85. The van der Waals surface area contributed by atoms with Crippen LogP contribution in [-0.4, -0.2) is 50.3 Å². The molecule has 0 spiro atoms. The number of cyclic esters (lactones) is 1. The molecule has 0 radical (unpaired) electrons. The first-order valence-corrected chi connectivity index (χ1v) is 9.43. The Bertz CT molecular complexity index is 744. The van der Waals surface area contributed by atoms with Gasteiger partial charge in [-0.05, 0) is 42.9 Å². The van der Waals surface area contributed by atoms with E-state index in [1.807, 2.05) is 0 Å². The molecule has 1 aromatic carbocycles. The number of carbonyl (C=O) groups is 2. The summed E-state index contributed by atoms with van der Waals surface area (Å²) in [4.78, 5) is 26.6. The molecule has 7 nitrogen and oxygen atoms in total. The van der Waals surface area contributed by atoms with E-state index < -0.39 is 12.2 Å². The molecule has 2 saturated heterocycles. The highest BCUT2D eigenvalue weighted by Crippen LogP contribution is 2.40. The minimum Gasteiger partial charge on any atom is -0.442 e. The highest BCUT2D eigenvalue weighted by molar-refractivity contribution is 5.90. The van der Waals surface area contributed by atoms with Crippen molar-refractivity contribution in [3.63, 3.8) is 0 Å². The van der Waals surface area contributed by atoms with Crippen LogP contribution in [0.2, 0.25) is 0 Å². The Kier molecular flexibility index (Phi) is 4.67. The van der Waals surface area contributed by atoms with Gasteiger partial charge in [-0.25, -0.2) is 9.18 Å². The van der Waals surface area contributed by atoms with Crippen LogP contribution in [-0.2, 0) is 9.53 Å². The average molecular weight is 376 g/mol. The van der Waals surface area contributed by atoms with Crippen LogP contribution in [0.15, 0.2) is 18.2 Å². The molecular weight excluding hydrogens is 351 g/mol. The van der Waals surface area contributed by atoms with E-state index >= 15 is 0 Å². The van der Waals surface area contributed by atoms with Crippen molar-refractivity contribution >= 4 is 23.4 Å². The lowest BCUT2D eigenvalue weighted by atomic mass is 10.0. The molecular formula is C19H25FN4O3. The Morgan fingerprint density at radius 2 is 2.00 bits per heavy atom. The highest BCUT2D eigenvalue weighted by atomic mass is 19.1.